The van der Waals surface area contributed by atoms with Gasteiger partial charge in [-0.05, 0) is 49.4 Å². The lowest BCUT2D eigenvalue weighted by Crippen LogP contribution is -2.31. The Labute approximate surface area is 156 Å². The van der Waals surface area contributed by atoms with E-state index in [1.165, 1.54) is 22.2 Å². The average molecular weight is 363 g/mol. The molecule has 0 saturated heterocycles. The number of rotatable bonds is 4. The zero-order chi connectivity index (χ0) is 18.1. The topological polar surface area (TPSA) is 74.1 Å². The summed E-state index contributed by atoms with van der Waals surface area (Å²) in [4.78, 5) is 30.7. The molecule has 1 aliphatic carbocycles. The first-order chi connectivity index (χ1) is 12.7. The fraction of sp³-hybridized carbons (Fsp3) is 0.300. The molecular formula is C20H17N3O2S. The minimum absolute atomic E-state index is 0.245. The number of thioether (sulfide) groups is 1. The Morgan fingerprint density at radius 2 is 1.81 bits per heavy atom. The molecule has 4 rings (SSSR count). The fourth-order valence-electron chi connectivity index (χ4n) is 3.48. The van der Waals surface area contributed by atoms with E-state index in [2.05, 4.69) is 11.1 Å². The van der Waals surface area contributed by atoms with Crippen LogP contribution < -0.4 is 0 Å². The van der Waals surface area contributed by atoms with Gasteiger partial charge >= 0.3 is 0 Å². The molecule has 0 spiro atoms. The van der Waals surface area contributed by atoms with E-state index in [0.29, 0.717) is 34.0 Å². The molecular weight excluding hydrogens is 346 g/mol. The zero-order valence-corrected chi connectivity index (χ0v) is 15.0. The third-order valence-electron chi connectivity index (χ3n) is 4.82. The summed E-state index contributed by atoms with van der Waals surface area (Å²) < 4.78 is 0. The van der Waals surface area contributed by atoms with Gasteiger partial charge in [-0.15, -0.1) is 11.8 Å². The van der Waals surface area contributed by atoms with Crippen LogP contribution in [0.15, 0.2) is 35.4 Å². The first-order valence-electron chi connectivity index (χ1n) is 8.70. The third kappa shape index (κ3) is 2.89. The van der Waals surface area contributed by atoms with E-state index in [1.54, 1.807) is 24.3 Å². The second-order valence-electron chi connectivity index (χ2n) is 6.42. The summed E-state index contributed by atoms with van der Waals surface area (Å²) in [5.41, 5.74) is 3.77. The van der Waals surface area contributed by atoms with E-state index < -0.39 is 0 Å². The highest BCUT2D eigenvalue weighted by molar-refractivity contribution is 7.99. The number of hydrogen-bond donors (Lipinski definition) is 0. The number of carbonyl (C=O) groups is 2. The molecule has 26 heavy (non-hydrogen) atoms. The van der Waals surface area contributed by atoms with Crippen LogP contribution in [-0.4, -0.2) is 34.0 Å². The van der Waals surface area contributed by atoms with E-state index in [9.17, 15) is 14.9 Å². The van der Waals surface area contributed by atoms with Crippen molar-refractivity contribution in [2.45, 2.75) is 30.7 Å². The van der Waals surface area contributed by atoms with Gasteiger partial charge in [-0.1, -0.05) is 12.1 Å². The quantitative estimate of drug-likeness (QED) is 0.616. The Morgan fingerprint density at radius 1 is 1.12 bits per heavy atom. The number of pyridine rings is 1. The average Bonchev–Trinajstić information content (AvgIpc) is 2.92. The van der Waals surface area contributed by atoms with Crippen LogP contribution in [0.25, 0.3) is 0 Å². The number of nitrogens with zero attached hydrogens (tertiary/aromatic N) is 3. The summed E-state index contributed by atoms with van der Waals surface area (Å²) >= 11 is 1.43. The summed E-state index contributed by atoms with van der Waals surface area (Å²) in [6.07, 6.45) is 4.21. The van der Waals surface area contributed by atoms with Crippen molar-refractivity contribution >= 4 is 23.6 Å². The van der Waals surface area contributed by atoms with Gasteiger partial charge in [0.05, 0.1) is 16.7 Å². The highest BCUT2D eigenvalue weighted by Gasteiger charge is 2.34. The van der Waals surface area contributed by atoms with Crippen molar-refractivity contribution in [3.8, 4) is 6.07 Å². The van der Waals surface area contributed by atoms with Crippen molar-refractivity contribution < 1.29 is 9.59 Å². The molecule has 0 radical (unpaired) electrons. The first kappa shape index (κ1) is 16.8. The molecule has 0 unspecified atom stereocenters. The van der Waals surface area contributed by atoms with E-state index >= 15 is 0 Å². The monoisotopic (exact) mass is 363 g/mol. The van der Waals surface area contributed by atoms with Crippen LogP contribution >= 0.6 is 11.8 Å². The lowest BCUT2D eigenvalue weighted by Gasteiger charge is -2.17. The van der Waals surface area contributed by atoms with Crippen molar-refractivity contribution in [1.29, 1.82) is 5.26 Å². The summed E-state index contributed by atoms with van der Waals surface area (Å²) in [6, 6.07) is 11.1. The maximum Gasteiger partial charge on any atom is 0.261 e. The van der Waals surface area contributed by atoms with Crippen LogP contribution in [0.3, 0.4) is 0 Å². The third-order valence-corrected chi connectivity index (χ3v) is 5.79. The smallest absolute Gasteiger partial charge is 0.261 e. The van der Waals surface area contributed by atoms with E-state index in [-0.39, 0.29) is 11.8 Å². The van der Waals surface area contributed by atoms with E-state index in [4.69, 9.17) is 0 Å². The molecule has 6 heteroatoms. The van der Waals surface area contributed by atoms with Crippen LogP contribution in [0.4, 0.5) is 0 Å². The Balaban J connectivity index is 1.47. The zero-order valence-electron chi connectivity index (χ0n) is 14.2. The standard InChI is InChI=1S/C20H17N3O2S/c21-12-14-11-13-5-1-4-8-17(13)22-18(14)26-10-9-23-19(24)15-6-2-3-7-16(15)20(23)25/h2-3,6-7,11H,1,4-5,8-10H2. The van der Waals surface area contributed by atoms with E-state index in [0.717, 1.165) is 31.4 Å². The summed E-state index contributed by atoms with van der Waals surface area (Å²) in [7, 11) is 0. The predicted octanol–water partition coefficient (Wildman–Crippen LogP) is 3.22. The fourth-order valence-corrected chi connectivity index (χ4v) is 4.38. The maximum atomic E-state index is 12.4. The van der Waals surface area contributed by atoms with Crippen LogP contribution in [0.2, 0.25) is 0 Å². The molecule has 1 aromatic carbocycles. The number of imide groups is 1. The molecule has 0 atom stereocenters. The number of aromatic nitrogens is 1. The molecule has 2 aliphatic rings. The van der Waals surface area contributed by atoms with Crippen LogP contribution in [0.1, 0.15) is 50.4 Å². The molecule has 5 nitrogen and oxygen atoms in total. The molecule has 2 aromatic rings. The lowest BCUT2D eigenvalue weighted by molar-refractivity contribution is 0.0664. The molecule has 130 valence electrons. The number of hydrogen-bond acceptors (Lipinski definition) is 5. The molecule has 1 aliphatic heterocycles. The van der Waals surface area contributed by atoms with Gasteiger partial charge in [0.15, 0.2) is 0 Å². The second-order valence-corrected chi connectivity index (χ2v) is 7.51. The molecule has 2 amide bonds. The van der Waals surface area contributed by atoms with Gasteiger partial charge in [0.25, 0.3) is 11.8 Å². The maximum absolute atomic E-state index is 12.4. The second kappa shape index (κ2) is 6.93. The highest BCUT2D eigenvalue weighted by Crippen LogP contribution is 2.28. The number of carbonyl (C=O) groups excluding carboxylic acids is 2. The van der Waals surface area contributed by atoms with Gasteiger partial charge in [0, 0.05) is 18.0 Å². The summed E-state index contributed by atoms with van der Waals surface area (Å²) in [5, 5.41) is 10.1. The van der Waals surface area contributed by atoms with Gasteiger partial charge in [0.1, 0.15) is 11.1 Å². The molecule has 0 saturated carbocycles. The number of aryl methyl sites for hydroxylation is 2. The largest absolute Gasteiger partial charge is 0.273 e. The SMILES string of the molecule is N#Cc1cc2c(nc1SCCN1C(=O)c3ccccc3C1=O)CCCC2. The van der Waals surface area contributed by atoms with Crippen LogP contribution in [0, 0.1) is 11.3 Å². The van der Waals surface area contributed by atoms with Gasteiger partial charge in [-0.2, -0.15) is 5.26 Å². The lowest BCUT2D eigenvalue weighted by atomic mass is 9.95. The predicted molar refractivity (Wildman–Crippen MR) is 98.1 cm³/mol. The van der Waals surface area contributed by atoms with Crippen molar-refractivity contribution in [3.05, 3.63) is 58.3 Å². The first-order valence-corrected chi connectivity index (χ1v) is 9.68. The van der Waals surface area contributed by atoms with Gasteiger partial charge in [-0.3, -0.25) is 14.5 Å². The van der Waals surface area contributed by atoms with Crippen molar-refractivity contribution in [2.75, 3.05) is 12.3 Å². The van der Waals surface area contributed by atoms with Gasteiger partial charge in [0.2, 0.25) is 0 Å². The Morgan fingerprint density at radius 3 is 2.50 bits per heavy atom. The van der Waals surface area contributed by atoms with Gasteiger partial charge in [-0.25, -0.2) is 4.98 Å². The van der Waals surface area contributed by atoms with Crippen molar-refractivity contribution in [3.63, 3.8) is 0 Å². The van der Waals surface area contributed by atoms with E-state index in [1.807, 2.05) is 6.07 Å². The Bertz CT molecular complexity index is 914. The van der Waals surface area contributed by atoms with Crippen LogP contribution in [0.5, 0.6) is 0 Å². The minimum Gasteiger partial charge on any atom is -0.273 e. The van der Waals surface area contributed by atoms with Crippen molar-refractivity contribution in [1.82, 2.24) is 9.88 Å². The number of amides is 2. The van der Waals surface area contributed by atoms with Crippen LogP contribution in [-0.2, 0) is 12.8 Å². The highest BCUT2D eigenvalue weighted by atomic mass is 32.2. The Hall–Kier alpha value is -2.65. The summed E-state index contributed by atoms with van der Waals surface area (Å²) in [5.74, 6) is 0.0292. The normalized spacial score (nSPS) is 15.6. The summed E-state index contributed by atoms with van der Waals surface area (Å²) in [6.45, 7) is 0.306. The molecule has 2 heterocycles. The molecule has 0 bridgehead atoms. The molecule has 0 fully saturated rings. The molecule has 1 aromatic heterocycles. The minimum atomic E-state index is -0.245. The Kier molecular flexibility index (Phi) is 4.48. The number of nitriles is 1. The molecule has 0 N–H and O–H groups in total. The van der Waals surface area contributed by atoms with Gasteiger partial charge < -0.3 is 0 Å². The number of fused-ring (bicyclic) bond motifs is 2. The van der Waals surface area contributed by atoms with Crippen molar-refractivity contribution in [2.24, 2.45) is 0 Å². The number of benzene rings is 1.